The Balaban J connectivity index is 1.70. The summed E-state index contributed by atoms with van der Waals surface area (Å²) in [6.45, 7) is 3.58. The van der Waals surface area contributed by atoms with Gasteiger partial charge in [-0.25, -0.2) is 0 Å². The van der Waals surface area contributed by atoms with E-state index in [1.54, 1.807) is 0 Å². The summed E-state index contributed by atoms with van der Waals surface area (Å²) in [4.78, 5) is 2.36. The molecule has 0 radical (unpaired) electrons. The molecule has 1 aliphatic heterocycles. The molecule has 0 saturated carbocycles. The summed E-state index contributed by atoms with van der Waals surface area (Å²) >= 11 is 0. The van der Waals surface area contributed by atoms with E-state index in [4.69, 9.17) is 4.74 Å². The maximum atomic E-state index is 13.0. The Morgan fingerprint density at radius 1 is 0.957 bits per heavy atom. The Hall–Kier alpha value is -1.91. The maximum absolute atomic E-state index is 13.0. The number of ether oxygens (including phenoxy) is 1. The van der Waals surface area contributed by atoms with Crippen LogP contribution < -0.4 is 10.1 Å². The average Bonchev–Trinajstić information content (AvgIpc) is 2.62. The number of hydrogen-bond donors (Lipinski definition) is 1. The van der Waals surface area contributed by atoms with E-state index in [0.717, 1.165) is 43.2 Å². The zero-order chi connectivity index (χ0) is 15.9. The Morgan fingerprint density at radius 2 is 1.61 bits per heavy atom. The first-order valence-electron chi connectivity index (χ1n) is 8.20. The summed E-state index contributed by atoms with van der Waals surface area (Å²) in [7, 11) is 0. The number of benzene rings is 2. The smallest absolute Gasteiger partial charge is 0.127 e. The normalized spacial score (nSPS) is 16.9. The standard InChI is InChI=1S/C19H23FN2O/c20-11-10-19(22-14-12-21-13-15-22)16-6-8-18(9-7-16)23-17-4-2-1-3-5-17/h1-9,19,21H,10-15H2/t19-/m1/s1. The topological polar surface area (TPSA) is 24.5 Å². The van der Waals surface area contributed by atoms with Crippen molar-refractivity contribution in [2.24, 2.45) is 0 Å². The highest BCUT2D eigenvalue weighted by molar-refractivity contribution is 5.34. The summed E-state index contributed by atoms with van der Waals surface area (Å²) in [6, 6.07) is 17.9. The highest BCUT2D eigenvalue weighted by atomic mass is 19.1. The van der Waals surface area contributed by atoms with Crippen LogP contribution in [-0.4, -0.2) is 37.8 Å². The van der Waals surface area contributed by atoms with Gasteiger partial charge in [-0.15, -0.1) is 0 Å². The number of nitrogens with zero attached hydrogens (tertiary/aromatic N) is 1. The molecule has 1 fully saturated rings. The SMILES string of the molecule is FCC[C@H](c1ccc(Oc2ccccc2)cc1)N1CCNCC1. The molecule has 0 spiro atoms. The minimum absolute atomic E-state index is 0.146. The lowest BCUT2D eigenvalue weighted by Crippen LogP contribution is -2.45. The van der Waals surface area contributed by atoms with Crippen molar-refractivity contribution >= 4 is 0 Å². The third-order valence-corrected chi connectivity index (χ3v) is 4.22. The first-order valence-corrected chi connectivity index (χ1v) is 8.20. The molecule has 0 amide bonds. The molecule has 1 N–H and O–H groups in total. The van der Waals surface area contributed by atoms with Gasteiger partial charge in [-0.1, -0.05) is 30.3 Å². The summed E-state index contributed by atoms with van der Waals surface area (Å²) < 4.78 is 18.8. The van der Waals surface area contributed by atoms with Gasteiger partial charge in [0.2, 0.25) is 0 Å². The molecule has 1 heterocycles. The van der Waals surface area contributed by atoms with Crippen LogP contribution in [0.25, 0.3) is 0 Å². The van der Waals surface area contributed by atoms with Gasteiger partial charge in [-0.3, -0.25) is 9.29 Å². The third kappa shape index (κ3) is 4.30. The Morgan fingerprint density at radius 3 is 2.26 bits per heavy atom. The summed E-state index contributed by atoms with van der Waals surface area (Å²) in [5.74, 6) is 1.63. The monoisotopic (exact) mass is 314 g/mol. The van der Waals surface area contributed by atoms with Gasteiger partial charge >= 0.3 is 0 Å². The van der Waals surface area contributed by atoms with Crippen molar-refractivity contribution in [2.75, 3.05) is 32.9 Å². The number of piperazine rings is 1. The second-order valence-electron chi connectivity index (χ2n) is 5.76. The number of para-hydroxylation sites is 1. The van der Waals surface area contributed by atoms with Crippen LogP contribution in [0, 0.1) is 0 Å². The van der Waals surface area contributed by atoms with Gasteiger partial charge in [0.15, 0.2) is 0 Å². The van der Waals surface area contributed by atoms with Crippen molar-refractivity contribution in [3.63, 3.8) is 0 Å². The molecule has 23 heavy (non-hydrogen) atoms. The summed E-state index contributed by atoms with van der Waals surface area (Å²) in [5.41, 5.74) is 1.16. The lowest BCUT2D eigenvalue weighted by atomic mass is 10.0. The molecule has 122 valence electrons. The van der Waals surface area contributed by atoms with Crippen LogP contribution in [0.4, 0.5) is 4.39 Å². The fourth-order valence-electron chi connectivity index (χ4n) is 3.04. The number of rotatable bonds is 6. The Labute approximate surface area is 137 Å². The molecular formula is C19H23FN2O. The van der Waals surface area contributed by atoms with Crippen LogP contribution in [0.3, 0.4) is 0 Å². The molecule has 2 aromatic rings. The molecular weight excluding hydrogens is 291 g/mol. The highest BCUT2D eigenvalue weighted by Crippen LogP contribution is 2.28. The fourth-order valence-corrected chi connectivity index (χ4v) is 3.04. The van der Waals surface area contributed by atoms with Crippen molar-refractivity contribution < 1.29 is 9.13 Å². The molecule has 4 heteroatoms. The van der Waals surface area contributed by atoms with Crippen molar-refractivity contribution in [3.05, 3.63) is 60.2 Å². The maximum Gasteiger partial charge on any atom is 0.127 e. The van der Waals surface area contributed by atoms with E-state index in [-0.39, 0.29) is 12.7 Å². The molecule has 1 saturated heterocycles. The van der Waals surface area contributed by atoms with Gasteiger partial charge in [0.05, 0.1) is 6.67 Å². The van der Waals surface area contributed by atoms with Crippen molar-refractivity contribution in [2.45, 2.75) is 12.5 Å². The fraction of sp³-hybridized carbons (Fsp3) is 0.368. The van der Waals surface area contributed by atoms with Crippen molar-refractivity contribution in [3.8, 4) is 11.5 Å². The largest absolute Gasteiger partial charge is 0.457 e. The molecule has 1 atom stereocenters. The molecule has 0 unspecified atom stereocenters. The number of hydrogen-bond acceptors (Lipinski definition) is 3. The molecule has 2 aromatic carbocycles. The van der Waals surface area contributed by atoms with E-state index >= 15 is 0 Å². The zero-order valence-electron chi connectivity index (χ0n) is 13.2. The van der Waals surface area contributed by atoms with E-state index in [1.807, 2.05) is 42.5 Å². The number of alkyl halides is 1. The quantitative estimate of drug-likeness (QED) is 0.878. The van der Waals surface area contributed by atoms with Gasteiger partial charge in [0, 0.05) is 32.2 Å². The van der Waals surface area contributed by atoms with Crippen LogP contribution in [-0.2, 0) is 0 Å². The second-order valence-corrected chi connectivity index (χ2v) is 5.76. The highest BCUT2D eigenvalue weighted by Gasteiger charge is 2.21. The van der Waals surface area contributed by atoms with Crippen molar-refractivity contribution in [1.82, 2.24) is 10.2 Å². The van der Waals surface area contributed by atoms with Crippen LogP contribution in [0.1, 0.15) is 18.0 Å². The molecule has 1 aliphatic rings. The molecule has 0 aromatic heterocycles. The Bertz CT molecular complexity index is 582. The lowest BCUT2D eigenvalue weighted by Gasteiger charge is -2.35. The zero-order valence-corrected chi connectivity index (χ0v) is 13.2. The minimum Gasteiger partial charge on any atom is -0.457 e. The van der Waals surface area contributed by atoms with Crippen molar-refractivity contribution in [1.29, 1.82) is 0 Å². The van der Waals surface area contributed by atoms with Crippen LogP contribution in [0.15, 0.2) is 54.6 Å². The molecule has 0 aliphatic carbocycles. The predicted octanol–water partition coefficient (Wildman–Crippen LogP) is 3.78. The van der Waals surface area contributed by atoms with Gasteiger partial charge in [-0.05, 0) is 36.2 Å². The van der Waals surface area contributed by atoms with Crippen LogP contribution in [0.2, 0.25) is 0 Å². The lowest BCUT2D eigenvalue weighted by molar-refractivity contribution is 0.157. The van der Waals surface area contributed by atoms with Gasteiger partial charge in [-0.2, -0.15) is 0 Å². The molecule has 0 bridgehead atoms. The first-order chi connectivity index (χ1) is 11.4. The van der Waals surface area contributed by atoms with Gasteiger partial charge in [0.1, 0.15) is 11.5 Å². The van der Waals surface area contributed by atoms with E-state index in [0.29, 0.717) is 6.42 Å². The van der Waals surface area contributed by atoms with E-state index in [1.165, 1.54) is 0 Å². The van der Waals surface area contributed by atoms with Gasteiger partial charge < -0.3 is 10.1 Å². The van der Waals surface area contributed by atoms with E-state index in [2.05, 4.69) is 22.3 Å². The van der Waals surface area contributed by atoms with E-state index < -0.39 is 0 Å². The van der Waals surface area contributed by atoms with E-state index in [9.17, 15) is 4.39 Å². The number of nitrogens with one attached hydrogen (secondary N) is 1. The predicted molar refractivity (Wildman–Crippen MR) is 90.7 cm³/mol. The Kier molecular flexibility index (Phi) is 5.61. The van der Waals surface area contributed by atoms with Crippen LogP contribution >= 0.6 is 0 Å². The molecule has 3 nitrogen and oxygen atoms in total. The summed E-state index contributed by atoms with van der Waals surface area (Å²) in [6.07, 6.45) is 0.541. The third-order valence-electron chi connectivity index (χ3n) is 4.22. The van der Waals surface area contributed by atoms with Gasteiger partial charge in [0.25, 0.3) is 0 Å². The number of halogens is 1. The molecule has 3 rings (SSSR count). The van der Waals surface area contributed by atoms with Crippen LogP contribution in [0.5, 0.6) is 11.5 Å². The first kappa shape index (κ1) is 16.0. The summed E-state index contributed by atoms with van der Waals surface area (Å²) in [5, 5.41) is 3.34. The average molecular weight is 314 g/mol. The minimum atomic E-state index is -0.295. The second kappa shape index (κ2) is 8.09.